The molecule has 6 nitrogen and oxygen atoms in total. The normalized spacial score (nSPS) is 12.2. The molecule has 3 aromatic rings. The summed E-state index contributed by atoms with van der Waals surface area (Å²) in [5, 5.41) is 2.86. The topological polar surface area (TPSA) is 76.2 Å². The molecule has 0 radical (unpaired) electrons. The number of carbonyl (C=O) groups is 1. The standard InChI is InChI=1S/C17H13N3O3/c21-17(12-3-6-15-16(7-12)23-10-22-15)20-13-4-1-11(2-5-13)14-8-18-9-19-14/h1-9H,10H2,(H,18,19)(H,20,21). The smallest absolute Gasteiger partial charge is 0.255 e. The molecule has 0 saturated heterocycles. The monoisotopic (exact) mass is 307 g/mol. The molecule has 2 N–H and O–H groups in total. The van der Waals surface area contributed by atoms with Crippen molar-refractivity contribution in [1.82, 2.24) is 9.97 Å². The van der Waals surface area contributed by atoms with Crippen molar-refractivity contribution in [3.05, 3.63) is 60.6 Å². The number of H-pyrrole nitrogens is 1. The summed E-state index contributed by atoms with van der Waals surface area (Å²) < 4.78 is 10.5. The van der Waals surface area contributed by atoms with Gasteiger partial charge in [-0.15, -0.1) is 0 Å². The highest BCUT2D eigenvalue weighted by molar-refractivity contribution is 6.04. The Balaban J connectivity index is 1.50. The largest absolute Gasteiger partial charge is 0.454 e. The third kappa shape index (κ3) is 2.62. The summed E-state index contributed by atoms with van der Waals surface area (Å²) in [5.41, 5.74) is 3.17. The van der Waals surface area contributed by atoms with E-state index in [4.69, 9.17) is 9.47 Å². The maximum absolute atomic E-state index is 12.3. The van der Waals surface area contributed by atoms with Crippen LogP contribution in [-0.2, 0) is 0 Å². The van der Waals surface area contributed by atoms with Crippen LogP contribution >= 0.6 is 0 Å². The van der Waals surface area contributed by atoms with Gasteiger partial charge in [0.15, 0.2) is 11.5 Å². The van der Waals surface area contributed by atoms with Gasteiger partial charge in [-0.1, -0.05) is 12.1 Å². The number of hydrogen-bond acceptors (Lipinski definition) is 4. The molecule has 23 heavy (non-hydrogen) atoms. The van der Waals surface area contributed by atoms with Gasteiger partial charge < -0.3 is 19.8 Å². The number of anilines is 1. The lowest BCUT2D eigenvalue weighted by molar-refractivity contribution is 0.102. The lowest BCUT2D eigenvalue weighted by Gasteiger charge is -2.07. The number of ether oxygens (including phenoxy) is 2. The van der Waals surface area contributed by atoms with Crippen molar-refractivity contribution < 1.29 is 14.3 Å². The van der Waals surface area contributed by atoms with Gasteiger partial charge in [-0.3, -0.25) is 4.79 Å². The van der Waals surface area contributed by atoms with Crippen LogP contribution in [0.4, 0.5) is 5.69 Å². The second kappa shape index (κ2) is 5.49. The minimum Gasteiger partial charge on any atom is -0.454 e. The Morgan fingerprint density at radius 1 is 1.09 bits per heavy atom. The fourth-order valence-electron chi connectivity index (χ4n) is 2.39. The van der Waals surface area contributed by atoms with Crippen molar-refractivity contribution in [3.8, 4) is 22.8 Å². The summed E-state index contributed by atoms with van der Waals surface area (Å²) >= 11 is 0. The van der Waals surface area contributed by atoms with Crippen LogP contribution < -0.4 is 14.8 Å². The van der Waals surface area contributed by atoms with Crippen LogP contribution in [0.2, 0.25) is 0 Å². The minimum absolute atomic E-state index is 0.190. The third-order valence-corrected chi connectivity index (χ3v) is 3.59. The maximum Gasteiger partial charge on any atom is 0.255 e. The van der Waals surface area contributed by atoms with E-state index in [1.165, 1.54) is 0 Å². The van der Waals surface area contributed by atoms with Gasteiger partial charge in [-0.25, -0.2) is 4.98 Å². The molecule has 0 saturated carbocycles. The molecule has 2 heterocycles. The Bertz CT molecular complexity index is 842. The van der Waals surface area contributed by atoms with Crippen molar-refractivity contribution in [3.63, 3.8) is 0 Å². The van der Waals surface area contributed by atoms with Gasteiger partial charge in [0.25, 0.3) is 5.91 Å². The number of nitrogens with one attached hydrogen (secondary N) is 2. The van der Waals surface area contributed by atoms with Gasteiger partial charge in [0.05, 0.1) is 18.2 Å². The fourth-order valence-corrected chi connectivity index (χ4v) is 2.39. The average Bonchev–Trinajstić information content (AvgIpc) is 3.26. The van der Waals surface area contributed by atoms with Gasteiger partial charge in [0.1, 0.15) is 0 Å². The van der Waals surface area contributed by atoms with Crippen molar-refractivity contribution >= 4 is 11.6 Å². The zero-order chi connectivity index (χ0) is 15.6. The summed E-state index contributed by atoms with van der Waals surface area (Å²) in [4.78, 5) is 19.3. The van der Waals surface area contributed by atoms with Gasteiger partial charge in [0, 0.05) is 11.3 Å². The quantitative estimate of drug-likeness (QED) is 0.779. The molecule has 2 aromatic carbocycles. The van der Waals surface area contributed by atoms with E-state index in [9.17, 15) is 4.79 Å². The van der Waals surface area contributed by atoms with E-state index in [2.05, 4.69) is 15.3 Å². The average molecular weight is 307 g/mol. The number of fused-ring (bicyclic) bond motifs is 1. The highest BCUT2D eigenvalue weighted by atomic mass is 16.7. The first-order valence-corrected chi connectivity index (χ1v) is 7.09. The molecule has 0 bridgehead atoms. The first kappa shape index (κ1) is 13.4. The third-order valence-electron chi connectivity index (χ3n) is 3.59. The first-order chi connectivity index (χ1) is 11.3. The lowest BCUT2D eigenvalue weighted by Crippen LogP contribution is -2.11. The van der Waals surface area contributed by atoms with Crippen LogP contribution in [0, 0.1) is 0 Å². The molecule has 6 heteroatoms. The Kier molecular flexibility index (Phi) is 3.20. The molecule has 4 rings (SSSR count). The van der Waals surface area contributed by atoms with Crippen LogP contribution in [0.3, 0.4) is 0 Å². The van der Waals surface area contributed by atoms with Gasteiger partial charge in [0.2, 0.25) is 6.79 Å². The Labute approximate surface area is 132 Å². The van der Waals surface area contributed by atoms with Gasteiger partial charge in [-0.2, -0.15) is 0 Å². The molecule has 1 aliphatic rings. The Hall–Kier alpha value is -3.28. The van der Waals surface area contributed by atoms with Gasteiger partial charge >= 0.3 is 0 Å². The Morgan fingerprint density at radius 3 is 2.70 bits per heavy atom. The van der Waals surface area contributed by atoms with Crippen molar-refractivity contribution in [1.29, 1.82) is 0 Å². The summed E-state index contributed by atoms with van der Waals surface area (Å²) in [6.07, 6.45) is 3.38. The second-order valence-electron chi connectivity index (χ2n) is 5.06. The lowest BCUT2D eigenvalue weighted by atomic mass is 10.1. The summed E-state index contributed by atoms with van der Waals surface area (Å²) in [7, 11) is 0. The van der Waals surface area contributed by atoms with Crippen LogP contribution in [0.1, 0.15) is 10.4 Å². The summed E-state index contributed by atoms with van der Waals surface area (Å²) in [6.45, 7) is 0.190. The molecule has 114 valence electrons. The molecule has 0 atom stereocenters. The summed E-state index contributed by atoms with van der Waals surface area (Å²) in [5.74, 6) is 1.05. The Morgan fingerprint density at radius 2 is 1.91 bits per heavy atom. The van der Waals surface area contributed by atoms with Crippen molar-refractivity contribution in [2.75, 3.05) is 12.1 Å². The first-order valence-electron chi connectivity index (χ1n) is 7.09. The molecule has 1 amide bonds. The number of benzene rings is 2. The number of aromatic amines is 1. The number of carbonyl (C=O) groups excluding carboxylic acids is 1. The van der Waals surface area contributed by atoms with E-state index in [1.54, 1.807) is 30.7 Å². The van der Waals surface area contributed by atoms with E-state index in [1.807, 2.05) is 24.3 Å². The molecule has 0 unspecified atom stereocenters. The molecule has 1 aliphatic heterocycles. The van der Waals surface area contributed by atoms with E-state index in [0.29, 0.717) is 17.1 Å². The van der Waals surface area contributed by atoms with Gasteiger partial charge in [-0.05, 0) is 35.9 Å². The van der Waals surface area contributed by atoms with Crippen LogP contribution in [-0.4, -0.2) is 22.7 Å². The van der Waals surface area contributed by atoms with E-state index in [-0.39, 0.29) is 12.7 Å². The van der Waals surface area contributed by atoms with E-state index >= 15 is 0 Å². The number of hydrogen-bond donors (Lipinski definition) is 2. The zero-order valence-corrected chi connectivity index (χ0v) is 12.1. The second-order valence-corrected chi connectivity index (χ2v) is 5.06. The minimum atomic E-state index is -0.197. The number of aromatic nitrogens is 2. The molecule has 0 fully saturated rings. The molecule has 1 aromatic heterocycles. The van der Waals surface area contributed by atoms with E-state index < -0.39 is 0 Å². The van der Waals surface area contributed by atoms with E-state index in [0.717, 1.165) is 16.9 Å². The maximum atomic E-state index is 12.3. The van der Waals surface area contributed by atoms with Crippen molar-refractivity contribution in [2.24, 2.45) is 0 Å². The van der Waals surface area contributed by atoms with Crippen LogP contribution in [0.5, 0.6) is 11.5 Å². The highest BCUT2D eigenvalue weighted by Crippen LogP contribution is 2.32. The molecule has 0 aliphatic carbocycles. The predicted octanol–water partition coefficient (Wildman–Crippen LogP) is 3.06. The summed E-state index contributed by atoms with van der Waals surface area (Å²) in [6, 6.07) is 12.7. The zero-order valence-electron chi connectivity index (χ0n) is 12.1. The number of nitrogens with zero attached hydrogens (tertiary/aromatic N) is 1. The number of rotatable bonds is 3. The molecular formula is C17H13N3O3. The highest BCUT2D eigenvalue weighted by Gasteiger charge is 2.16. The molecular weight excluding hydrogens is 294 g/mol. The SMILES string of the molecule is O=C(Nc1ccc(-c2cnc[nH]2)cc1)c1ccc2c(c1)OCO2. The number of amides is 1. The van der Waals surface area contributed by atoms with Crippen LogP contribution in [0.15, 0.2) is 55.0 Å². The number of imidazole rings is 1. The van der Waals surface area contributed by atoms with Crippen molar-refractivity contribution in [2.45, 2.75) is 0 Å². The fraction of sp³-hybridized carbons (Fsp3) is 0.0588. The molecule has 0 spiro atoms. The van der Waals surface area contributed by atoms with Crippen LogP contribution in [0.25, 0.3) is 11.3 Å². The predicted molar refractivity (Wildman–Crippen MR) is 84.5 cm³/mol.